The van der Waals surface area contributed by atoms with E-state index in [-0.39, 0.29) is 11.7 Å². The van der Waals surface area contributed by atoms with Crippen molar-refractivity contribution >= 4 is 5.91 Å². The van der Waals surface area contributed by atoms with Crippen molar-refractivity contribution in [3.05, 3.63) is 29.6 Å². The maximum Gasteiger partial charge on any atom is 0.225 e. The average molecular weight is 281 g/mol. The number of rotatable bonds is 3. The van der Waals surface area contributed by atoms with Gasteiger partial charge < -0.3 is 10.1 Å². The summed E-state index contributed by atoms with van der Waals surface area (Å²) in [6.45, 7) is 11.4. The predicted octanol–water partition coefficient (Wildman–Crippen LogP) is 3.67. The van der Waals surface area contributed by atoms with E-state index in [4.69, 9.17) is 4.74 Å². The van der Waals surface area contributed by atoms with Gasteiger partial charge in [0.05, 0.1) is 0 Å². The third-order valence-electron chi connectivity index (χ3n) is 2.55. The largest absolute Gasteiger partial charge is 0.485 e. The van der Waals surface area contributed by atoms with E-state index >= 15 is 0 Å². The average Bonchev–Trinajstić information content (AvgIpc) is 2.26. The molecule has 0 aliphatic carbocycles. The van der Waals surface area contributed by atoms with Crippen molar-refractivity contribution in [2.45, 2.75) is 53.7 Å². The summed E-state index contributed by atoms with van der Waals surface area (Å²) in [6.07, 6.45) is 0. The number of ether oxygens (including phenoxy) is 1. The first kappa shape index (κ1) is 16.5. The highest BCUT2D eigenvalue weighted by Gasteiger charge is 2.21. The van der Waals surface area contributed by atoms with Gasteiger partial charge in [0.2, 0.25) is 5.91 Å². The maximum atomic E-state index is 13.9. The van der Waals surface area contributed by atoms with E-state index in [1.54, 1.807) is 12.1 Å². The van der Waals surface area contributed by atoms with Gasteiger partial charge in [0.25, 0.3) is 0 Å². The molecular weight excluding hydrogens is 257 g/mol. The van der Waals surface area contributed by atoms with Crippen molar-refractivity contribution in [3.8, 4) is 5.75 Å². The predicted molar refractivity (Wildman–Crippen MR) is 78.1 cm³/mol. The van der Waals surface area contributed by atoms with Crippen LogP contribution in [0, 0.1) is 11.2 Å². The highest BCUT2D eigenvalue weighted by Crippen LogP contribution is 2.23. The van der Waals surface area contributed by atoms with E-state index in [1.165, 1.54) is 6.07 Å². The number of carbonyl (C=O) groups excluding carboxylic acids is 1. The van der Waals surface area contributed by atoms with Crippen LogP contribution in [0.4, 0.5) is 4.39 Å². The first-order valence-corrected chi connectivity index (χ1v) is 6.75. The van der Waals surface area contributed by atoms with E-state index < -0.39 is 16.8 Å². The van der Waals surface area contributed by atoms with Gasteiger partial charge in [-0.2, -0.15) is 0 Å². The third kappa shape index (κ3) is 5.19. The monoisotopic (exact) mass is 281 g/mol. The Bertz CT molecular complexity index is 484. The Kier molecular flexibility index (Phi) is 4.79. The van der Waals surface area contributed by atoms with E-state index in [2.05, 4.69) is 5.32 Å². The quantitative estimate of drug-likeness (QED) is 0.918. The smallest absolute Gasteiger partial charge is 0.225 e. The SMILES string of the molecule is CC(C)(C)Oc1ccc(CNC(=O)C(C)(C)C)cc1F. The molecule has 0 unspecified atom stereocenters. The van der Waals surface area contributed by atoms with Crippen molar-refractivity contribution in [1.82, 2.24) is 5.32 Å². The minimum atomic E-state index is -0.451. The van der Waals surface area contributed by atoms with Crippen LogP contribution in [0.3, 0.4) is 0 Å². The number of hydrogen-bond donors (Lipinski definition) is 1. The van der Waals surface area contributed by atoms with Gasteiger partial charge in [-0.05, 0) is 38.5 Å². The lowest BCUT2D eigenvalue weighted by Gasteiger charge is -2.22. The van der Waals surface area contributed by atoms with E-state index in [9.17, 15) is 9.18 Å². The summed E-state index contributed by atoms with van der Waals surface area (Å²) in [4.78, 5) is 11.7. The van der Waals surface area contributed by atoms with Gasteiger partial charge in [0.15, 0.2) is 11.6 Å². The Balaban J connectivity index is 2.71. The second-order valence-corrected chi connectivity index (χ2v) is 6.91. The molecule has 0 radical (unpaired) electrons. The fourth-order valence-electron chi connectivity index (χ4n) is 1.51. The van der Waals surface area contributed by atoms with E-state index in [0.717, 1.165) is 0 Å². The van der Waals surface area contributed by atoms with Crippen LogP contribution in [-0.2, 0) is 11.3 Å². The molecule has 1 aromatic rings. The molecule has 0 bridgehead atoms. The normalized spacial score (nSPS) is 12.2. The van der Waals surface area contributed by atoms with Crippen molar-refractivity contribution < 1.29 is 13.9 Å². The van der Waals surface area contributed by atoms with Crippen molar-refractivity contribution in [2.24, 2.45) is 5.41 Å². The molecule has 1 aromatic carbocycles. The number of nitrogens with one attached hydrogen (secondary N) is 1. The van der Waals surface area contributed by atoms with Gasteiger partial charge >= 0.3 is 0 Å². The maximum absolute atomic E-state index is 13.9. The summed E-state index contributed by atoms with van der Waals surface area (Å²) in [6, 6.07) is 4.75. The van der Waals surface area contributed by atoms with Crippen LogP contribution in [-0.4, -0.2) is 11.5 Å². The molecule has 0 aromatic heterocycles. The minimum absolute atomic E-state index is 0.0621. The Morgan fingerprint density at radius 2 is 1.80 bits per heavy atom. The Morgan fingerprint density at radius 3 is 2.25 bits per heavy atom. The fraction of sp³-hybridized carbons (Fsp3) is 0.562. The molecule has 4 heteroatoms. The fourth-order valence-corrected chi connectivity index (χ4v) is 1.51. The van der Waals surface area contributed by atoms with Crippen molar-refractivity contribution in [1.29, 1.82) is 0 Å². The molecule has 1 rings (SSSR count). The Hall–Kier alpha value is -1.58. The second-order valence-electron chi connectivity index (χ2n) is 6.91. The van der Waals surface area contributed by atoms with E-state index in [0.29, 0.717) is 12.1 Å². The van der Waals surface area contributed by atoms with Crippen LogP contribution >= 0.6 is 0 Å². The number of amides is 1. The standard InChI is InChI=1S/C16H24FNO2/c1-15(2,3)14(19)18-10-11-7-8-13(12(17)9-11)20-16(4,5)6/h7-9H,10H2,1-6H3,(H,18,19). The topological polar surface area (TPSA) is 38.3 Å². The Labute approximate surface area is 120 Å². The van der Waals surface area contributed by atoms with E-state index in [1.807, 2.05) is 41.5 Å². The molecule has 112 valence electrons. The number of carbonyl (C=O) groups is 1. The highest BCUT2D eigenvalue weighted by molar-refractivity contribution is 5.81. The lowest BCUT2D eigenvalue weighted by atomic mass is 9.95. The summed E-state index contributed by atoms with van der Waals surface area (Å²) in [7, 11) is 0. The minimum Gasteiger partial charge on any atom is -0.485 e. The van der Waals surface area contributed by atoms with Gasteiger partial charge in [-0.3, -0.25) is 4.79 Å². The summed E-state index contributed by atoms with van der Waals surface area (Å²) in [5.41, 5.74) is -0.183. The van der Waals surface area contributed by atoms with Gasteiger partial charge in [-0.25, -0.2) is 4.39 Å². The van der Waals surface area contributed by atoms with Gasteiger partial charge in [0.1, 0.15) is 5.60 Å². The molecule has 0 spiro atoms. The number of hydrogen-bond acceptors (Lipinski definition) is 2. The van der Waals surface area contributed by atoms with Crippen molar-refractivity contribution in [3.63, 3.8) is 0 Å². The van der Waals surface area contributed by atoms with Crippen molar-refractivity contribution in [2.75, 3.05) is 0 Å². The Morgan fingerprint density at radius 1 is 1.20 bits per heavy atom. The molecule has 0 saturated carbocycles. The molecule has 0 heterocycles. The summed E-state index contributed by atoms with van der Waals surface area (Å²) in [5, 5.41) is 2.79. The summed E-state index contributed by atoms with van der Waals surface area (Å²) < 4.78 is 19.4. The number of halogens is 1. The van der Waals surface area contributed by atoms with Crippen LogP contribution < -0.4 is 10.1 Å². The van der Waals surface area contributed by atoms with Crippen LogP contribution in [0.15, 0.2) is 18.2 Å². The van der Waals surface area contributed by atoms with Gasteiger partial charge in [-0.15, -0.1) is 0 Å². The van der Waals surface area contributed by atoms with Gasteiger partial charge in [-0.1, -0.05) is 26.8 Å². The highest BCUT2D eigenvalue weighted by atomic mass is 19.1. The lowest BCUT2D eigenvalue weighted by Crippen LogP contribution is -2.34. The first-order valence-electron chi connectivity index (χ1n) is 6.75. The molecule has 0 aliphatic heterocycles. The van der Waals surface area contributed by atoms with Gasteiger partial charge in [0, 0.05) is 12.0 Å². The zero-order valence-electron chi connectivity index (χ0n) is 13.1. The molecule has 0 fully saturated rings. The van der Waals surface area contributed by atoms with Crippen LogP contribution in [0.2, 0.25) is 0 Å². The molecule has 0 aliphatic rings. The zero-order valence-corrected chi connectivity index (χ0v) is 13.1. The first-order chi connectivity index (χ1) is 8.99. The second kappa shape index (κ2) is 5.81. The number of benzene rings is 1. The van der Waals surface area contributed by atoms with Crippen LogP contribution in [0.5, 0.6) is 5.75 Å². The molecule has 20 heavy (non-hydrogen) atoms. The molecule has 1 amide bonds. The molecule has 3 nitrogen and oxygen atoms in total. The summed E-state index contributed by atoms with van der Waals surface area (Å²) >= 11 is 0. The van der Waals surface area contributed by atoms with Crippen LogP contribution in [0.1, 0.15) is 47.1 Å². The molecular formula is C16H24FNO2. The zero-order chi connectivity index (χ0) is 15.6. The summed E-state index contributed by atoms with van der Waals surface area (Å²) in [5.74, 6) is -0.251. The molecule has 1 N–H and O–H groups in total. The third-order valence-corrected chi connectivity index (χ3v) is 2.55. The molecule has 0 saturated heterocycles. The van der Waals surface area contributed by atoms with Crippen LogP contribution in [0.25, 0.3) is 0 Å². The lowest BCUT2D eigenvalue weighted by molar-refractivity contribution is -0.128. The molecule has 0 atom stereocenters.